The van der Waals surface area contributed by atoms with E-state index in [1.54, 1.807) is 12.1 Å². The number of benzene rings is 1. The van der Waals surface area contributed by atoms with Gasteiger partial charge in [0.2, 0.25) is 0 Å². The molecule has 0 bridgehead atoms. The Morgan fingerprint density at radius 2 is 2.17 bits per heavy atom. The highest BCUT2D eigenvalue weighted by molar-refractivity contribution is 5.85. The molecule has 0 aliphatic carbocycles. The summed E-state index contributed by atoms with van der Waals surface area (Å²) in [7, 11) is 0. The number of rotatable bonds is 6. The van der Waals surface area contributed by atoms with E-state index in [4.69, 9.17) is 4.42 Å². The maximum Gasteiger partial charge on any atom is 0.270 e. The summed E-state index contributed by atoms with van der Waals surface area (Å²) < 4.78 is 5.73. The molecule has 2 aromatic rings. The highest BCUT2D eigenvalue weighted by Gasteiger charge is 2.24. The molecule has 1 saturated heterocycles. The zero-order valence-electron chi connectivity index (χ0n) is 13.0. The highest BCUT2D eigenvalue weighted by Crippen LogP contribution is 2.25. The number of aliphatic hydroxyl groups is 1. The third-order valence-electron chi connectivity index (χ3n) is 4.01. The van der Waals surface area contributed by atoms with Gasteiger partial charge in [0.05, 0.1) is 17.6 Å². The first-order valence-corrected chi connectivity index (χ1v) is 7.56. The van der Waals surface area contributed by atoms with Crippen molar-refractivity contribution in [2.75, 3.05) is 19.6 Å². The fourth-order valence-corrected chi connectivity index (χ4v) is 2.71. The normalized spacial score (nSPS) is 19.9. The first kappa shape index (κ1) is 18.4. The van der Waals surface area contributed by atoms with Crippen molar-refractivity contribution in [1.29, 1.82) is 0 Å². The van der Waals surface area contributed by atoms with Crippen LogP contribution >= 0.6 is 12.4 Å². The molecule has 1 aromatic heterocycles. The van der Waals surface area contributed by atoms with Crippen LogP contribution in [0.2, 0.25) is 0 Å². The quantitative estimate of drug-likeness (QED) is 0.542. The zero-order valence-corrected chi connectivity index (χ0v) is 13.8. The summed E-state index contributed by atoms with van der Waals surface area (Å²) in [6.07, 6.45) is -0.306. The number of furan rings is 1. The molecule has 3 N–H and O–H groups in total. The predicted octanol–water partition coefficient (Wildman–Crippen LogP) is 1.95. The third kappa shape index (κ3) is 4.33. The Kier molecular flexibility index (Phi) is 6.33. The van der Waals surface area contributed by atoms with E-state index in [-0.39, 0.29) is 30.1 Å². The summed E-state index contributed by atoms with van der Waals surface area (Å²) in [6, 6.07) is 10.0. The smallest absolute Gasteiger partial charge is 0.270 e. The van der Waals surface area contributed by atoms with Gasteiger partial charge in [-0.25, -0.2) is 0 Å². The van der Waals surface area contributed by atoms with E-state index in [0.29, 0.717) is 31.0 Å². The molecule has 0 spiro atoms. The maximum atomic E-state index is 10.8. The Hall–Kier alpha value is -1.93. The van der Waals surface area contributed by atoms with Gasteiger partial charge in [0.15, 0.2) is 0 Å². The van der Waals surface area contributed by atoms with Crippen molar-refractivity contribution in [3.63, 3.8) is 0 Å². The molecule has 1 aromatic carbocycles. The van der Waals surface area contributed by atoms with Crippen LogP contribution in [0.3, 0.4) is 0 Å². The number of non-ortho nitro benzene ring substituents is 1. The minimum atomic E-state index is -0.421. The molecule has 0 saturated carbocycles. The molecule has 24 heavy (non-hydrogen) atoms. The Morgan fingerprint density at radius 1 is 1.33 bits per heavy atom. The van der Waals surface area contributed by atoms with E-state index < -0.39 is 4.92 Å². The van der Waals surface area contributed by atoms with Crippen molar-refractivity contribution >= 4 is 18.1 Å². The molecular formula is C16H20ClN3O4. The molecule has 130 valence electrons. The number of nitro groups is 1. The average Bonchev–Trinajstić information content (AvgIpc) is 3.17. The van der Waals surface area contributed by atoms with Crippen LogP contribution < -0.4 is 10.6 Å². The van der Waals surface area contributed by atoms with Crippen LogP contribution in [0.5, 0.6) is 0 Å². The molecule has 2 atom stereocenters. The number of β-amino-alcohol motifs (C(OH)–C–C–N with tert-alkyl or cyclic N) is 1. The van der Waals surface area contributed by atoms with Crippen molar-refractivity contribution < 1.29 is 14.4 Å². The van der Waals surface area contributed by atoms with Gasteiger partial charge >= 0.3 is 0 Å². The van der Waals surface area contributed by atoms with Gasteiger partial charge in [-0.2, -0.15) is 0 Å². The predicted molar refractivity (Wildman–Crippen MR) is 92.1 cm³/mol. The van der Waals surface area contributed by atoms with E-state index in [1.165, 1.54) is 12.1 Å². The second-order valence-corrected chi connectivity index (χ2v) is 5.69. The lowest BCUT2D eigenvalue weighted by molar-refractivity contribution is -0.384. The Balaban J connectivity index is 0.00000208. The molecule has 2 unspecified atom stereocenters. The highest BCUT2D eigenvalue weighted by atomic mass is 35.5. The lowest BCUT2D eigenvalue weighted by Crippen LogP contribution is -2.30. The molecule has 1 aliphatic heterocycles. The van der Waals surface area contributed by atoms with Crippen molar-refractivity contribution in [1.82, 2.24) is 10.6 Å². The molecule has 2 heterocycles. The van der Waals surface area contributed by atoms with E-state index in [1.807, 2.05) is 12.1 Å². The van der Waals surface area contributed by atoms with E-state index >= 15 is 0 Å². The van der Waals surface area contributed by atoms with Gasteiger partial charge in [-0.15, -0.1) is 12.4 Å². The fraction of sp³-hybridized carbons (Fsp3) is 0.375. The number of halogens is 1. The number of nitrogens with one attached hydrogen (secondary N) is 2. The molecular weight excluding hydrogens is 334 g/mol. The minimum Gasteiger partial charge on any atom is -0.460 e. The largest absolute Gasteiger partial charge is 0.460 e. The van der Waals surface area contributed by atoms with E-state index in [0.717, 1.165) is 12.3 Å². The summed E-state index contributed by atoms with van der Waals surface area (Å²) >= 11 is 0. The first-order chi connectivity index (χ1) is 11.1. The zero-order chi connectivity index (χ0) is 16.2. The van der Waals surface area contributed by atoms with E-state index in [2.05, 4.69) is 10.6 Å². The number of nitro benzene ring substituents is 1. The first-order valence-electron chi connectivity index (χ1n) is 7.56. The van der Waals surface area contributed by atoms with Crippen LogP contribution in [-0.4, -0.2) is 35.8 Å². The Bertz CT molecular complexity index is 691. The molecule has 0 amide bonds. The van der Waals surface area contributed by atoms with Gasteiger partial charge in [-0.05, 0) is 12.1 Å². The van der Waals surface area contributed by atoms with Gasteiger partial charge in [0, 0.05) is 43.2 Å². The van der Waals surface area contributed by atoms with Crippen molar-refractivity contribution in [2.24, 2.45) is 5.92 Å². The van der Waals surface area contributed by atoms with Gasteiger partial charge in [-0.3, -0.25) is 10.1 Å². The lowest BCUT2D eigenvalue weighted by atomic mass is 10.1. The van der Waals surface area contributed by atoms with Gasteiger partial charge in [0.25, 0.3) is 5.69 Å². The standard InChI is InChI=1S/C16H19N3O4.ClH/c20-15-10-18-8-12(15)7-17-9-14-4-5-16(23-14)11-2-1-3-13(6-11)19(21)22;/h1-6,12,15,17-18,20H,7-10H2;1H. The van der Waals surface area contributed by atoms with Crippen molar-refractivity contribution in [2.45, 2.75) is 12.6 Å². The number of hydrogen-bond acceptors (Lipinski definition) is 6. The van der Waals surface area contributed by atoms with Gasteiger partial charge in [-0.1, -0.05) is 12.1 Å². The van der Waals surface area contributed by atoms with Crippen LogP contribution in [0.4, 0.5) is 5.69 Å². The lowest BCUT2D eigenvalue weighted by Gasteiger charge is -2.13. The number of hydrogen-bond donors (Lipinski definition) is 3. The third-order valence-corrected chi connectivity index (χ3v) is 4.01. The summed E-state index contributed by atoms with van der Waals surface area (Å²) in [5.41, 5.74) is 0.724. The minimum absolute atomic E-state index is 0. The molecule has 1 fully saturated rings. The molecule has 8 heteroatoms. The summed E-state index contributed by atoms with van der Waals surface area (Å²) in [5, 5.41) is 27.0. The number of aliphatic hydroxyl groups excluding tert-OH is 1. The summed E-state index contributed by atoms with van der Waals surface area (Å²) in [6.45, 7) is 2.72. The summed E-state index contributed by atoms with van der Waals surface area (Å²) in [5.74, 6) is 1.57. The van der Waals surface area contributed by atoms with Crippen molar-refractivity contribution in [3.05, 3.63) is 52.3 Å². The van der Waals surface area contributed by atoms with Crippen LogP contribution in [0.25, 0.3) is 11.3 Å². The van der Waals surface area contributed by atoms with Gasteiger partial charge in [0.1, 0.15) is 11.5 Å². The van der Waals surface area contributed by atoms with Crippen molar-refractivity contribution in [3.8, 4) is 11.3 Å². The fourth-order valence-electron chi connectivity index (χ4n) is 2.71. The second kappa shape index (κ2) is 8.25. The second-order valence-electron chi connectivity index (χ2n) is 5.69. The van der Waals surface area contributed by atoms with Gasteiger partial charge < -0.3 is 20.2 Å². The van der Waals surface area contributed by atoms with Crippen LogP contribution in [0.1, 0.15) is 5.76 Å². The molecule has 0 radical (unpaired) electrons. The monoisotopic (exact) mass is 353 g/mol. The SMILES string of the molecule is Cl.O=[N+]([O-])c1cccc(-c2ccc(CNCC3CNCC3O)o2)c1. The average molecular weight is 354 g/mol. The Labute approximate surface area is 145 Å². The molecule has 1 aliphatic rings. The van der Waals surface area contributed by atoms with Crippen LogP contribution in [0.15, 0.2) is 40.8 Å². The molecule has 3 rings (SSSR count). The number of nitrogens with zero attached hydrogens (tertiary/aromatic N) is 1. The topological polar surface area (TPSA) is 101 Å². The Morgan fingerprint density at radius 3 is 2.88 bits per heavy atom. The van der Waals surface area contributed by atoms with Crippen LogP contribution in [0, 0.1) is 16.0 Å². The maximum absolute atomic E-state index is 10.8. The van der Waals surface area contributed by atoms with Crippen LogP contribution in [-0.2, 0) is 6.54 Å². The summed E-state index contributed by atoms with van der Waals surface area (Å²) in [4.78, 5) is 10.4. The molecule has 7 nitrogen and oxygen atoms in total. The van der Waals surface area contributed by atoms with E-state index in [9.17, 15) is 15.2 Å².